The molecular weight excluding hydrogens is 273 g/mol. The number of ether oxygens (including phenoxy) is 1. The number of nitrogens with one attached hydrogen (secondary N) is 1. The van der Waals surface area contributed by atoms with E-state index in [0.717, 1.165) is 12.0 Å². The molecule has 0 bridgehead atoms. The van der Waals surface area contributed by atoms with Crippen molar-refractivity contribution in [3.05, 3.63) is 28.5 Å². The molecule has 1 amide bonds. The Morgan fingerprint density at radius 1 is 1.63 bits per heavy atom. The van der Waals surface area contributed by atoms with Gasteiger partial charge in [0.15, 0.2) is 0 Å². The largest absolute Gasteiger partial charge is 0.493 e. The minimum absolute atomic E-state index is 0.0651. The molecule has 1 aromatic carbocycles. The Balaban J connectivity index is 2.12. The third-order valence-corrected chi connectivity index (χ3v) is 3.48. The maximum absolute atomic E-state index is 13.4. The second-order valence-corrected chi connectivity index (χ2v) is 4.93. The van der Waals surface area contributed by atoms with Crippen LogP contribution in [-0.2, 0) is 0 Å². The van der Waals surface area contributed by atoms with Crippen LogP contribution in [0.1, 0.15) is 24.8 Å². The zero-order valence-corrected chi connectivity index (χ0v) is 11.2. The monoisotopic (exact) mass is 287 g/mol. The summed E-state index contributed by atoms with van der Waals surface area (Å²) < 4.78 is 18.8. The van der Waals surface area contributed by atoms with Gasteiger partial charge in [-0.3, -0.25) is 0 Å². The Labute approximate surface area is 115 Å². The summed E-state index contributed by atoms with van der Waals surface area (Å²) in [6, 6.07) is 2.87. The first-order valence-electron chi connectivity index (χ1n) is 6.11. The van der Waals surface area contributed by atoms with Crippen LogP contribution in [0.3, 0.4) is 0 Å². The molecule has 0 aliphatic heterocycles. The number of amides is 1. The molecule has 2 rings (SSSR count). The topological polar surface area (TPSA) is 58.6 Å². The lowest BCUT2D eigenvalue weighted by Crippen LogP contribution is -2.23. The molecule has 104 valence electrons. The predicted molar refractivity (Wildman–Crippen MR) is 69.5 cm³/mol. The van der Waals surface area contributed by atoms with Gasteiger partial charge >= 0.3 is 6.09 Å². The third-order valence-electron chi connectivity index (χ3n) is 3.19. The SMILES string of the molecule is CCOc1cc(F)c(Cl)cc1C1CC1CNC(=O)O. The molecule has 0 spiro atoms. The molecule has 2 unspecified atom stereocenters. The Morgan fingerprint density at radius 3 is 3.00 bits per heavy atom. The van der Waals surface area contributed by atoms with Crippen LogP contribution in [0.2, 0.25) is 5.02 Å². The van der Waals surface area contributed by atoms with Crippen LogP contribution in [0.5, 0.6) is 5.75 Å². The molecule has 1 aliphatic rings. The Hall–Kier alpha value is -1.49. The van der Waals surface area contributed by atoms with Crippen LogP contribution < -0.4 is 10.1 Å². The van der Waals surface area contributed by atoms with Crippen molar-refractivity contribution in [1.82, 2.24) is 5.32 Å². The maximum Gasteiger partial charge on any atom is 0.404 e. The smallest absolute Gasteiger partial charge is 0.404 e. The van der Waals surface area contributed by atoms with Gasteiger partial charge in [-0.1, -0.05) is 11.6 Å². The molecule has 1 aliphatic carbocycles. The van der Waals surface area contributed by atoms with E-state index in [4.69, 9.17) is 21.4 Å². The predicted octanol–water partition coefficient (Wildman–Crippen LogP) is 3.25. The van der Waals surface area contributed by atoms with Gasteiger partial charge in [-0.15, -0.1) is 0 Å². The van der Waals surface area contributed by atoms with E-state index in [2.05, 4.69) is 5.32 Å². The van der Waals surface area contributed by atoms with Crippen LogP contribution in [0, 0.1) is 11.7 Å². The van der Waals surface area contributed by atoms with Crippen LogP contribution in [-0.4, -0.2) is 24.4 Å². The van der Waals surface area contributed by atoms with Gasteiger partial charge in [0.05, 0.1) is 11.6 Å². The summed E-state index contributed by atoms with van der Waals surface area (Å²) in [5.41, 5.74) is 0.852. The van der Waals surface area contributed by atoms with Gasteiger partial charge in [0.25, 0.3) is 0 Å². The fourth-order valence-electron chi connectivity index (χ4n) is 2.19. The van der Waals surface area contributed by atoms with Crippen molar-refractivity contribution in [2.75, 3.05) is 13.2 Å². The first-order valence-corrected chi connectivity index (χ1v) is 6.49. The lowest BCUT2D eigenvalue weighted by molar-refractivity contribution is 0.194. The normalized spacial score (nSPS) is 21.0. The number of hydrogen-bond donors (Lipinski definition) is 2. The van der Waals surface area contributed by atoms with E-state index in [-0.39, 0.29) is 16.9 Å². The number of carbonyl (C=O) groups is 1. The second-order valence-electron chi connectivity index (χ2n) is 4.53. The Morgan fingerprint density at radius 2 is 2.37 bits per heavy atom. The van der Waals surface area contributed by atoms with Crippen molar-refractivity contribution in [3.63, 3.8) is 0 Å². The Kier molecular flexibility index (Phi) is 4.14. The first kappa shape index (κ1) is 13.9. The summed E-state index contributed by atoms with van der Waals surface area (Å²) in [6.45, 7) is 2.66. The average molecular weight is 288 g/mol. The molecule has 1 fully saturated rings. The van der Waals surface area contributed by atoms with E-state index >= 15 is 0 Å². The molecule has 0 radical (unpaired) electrons. The fourth-order valence-corrected chi connectivity index (χ4v) is 2.36. The molecule has 1 saturated carbocycles. The number of rotatable bonds is 5. The summed E-state index contributed by atoms with van der Waals surface area (Å²) in [5, 5.41) is 11.0. The summed E-state index contributed by atoms with van der Waals surface area (Å²) in [6.07, 6.45) is -0.185. The van der Waals surface area contributed by atoms with Gasteiger partial charge < -0.3 is 15.2 Å². The van der Waals surface area contributed by atoms with Crippen molar-refractivity contribution in [2.24, 2.45) is 5.92 Å². The molecule has 2 N–H and O–H groups in total. The first-order chi connectivity index (χ1) is 9.02. The van der Waals surface area contributed by atoms with E-state index < -0.39 is 11.9 Å². The standard InChI is InChI=1S/C13H15ClFNO3/c1-2-19-12-5-11(15)10(14)4-9(12)8-3-7(8)6-16-13(17)18/h4-5,7-8,16H,2-3,6H2,1H3,(H,17,18). The lowest BCUT2D eigenvalue weighted by Gasteiger charge is -2.11. The summed E-state index contributed by atoms with van der Waals surface area (Å²) in [4.78, 5) is 10.4. The molecule has 1 aromatic rings. The highest BCUT2D eigenvalue weighted by atomic mass is 35.5. The average Bonchev–Trinajstić information content (AvgIpc) is 3.10. The Bertz CT molecular complexity index is 495. The maximum atomic E-state index is 13.4. The van der Waals surface area contributed by atoms with E-state index in [1.54, 1.807) is 6.07 Å². The molecule has 2 atom stereocenters. The van der Waals surface area contributed by atoms with Crippen molar-refractivity contribution in [1.29, 1.82) is 0 Å². The van der Waals surface area contributed by atoms with E-state index in [1.807, 2.05) is 6.92 Å². The van der Waals surface area contributed by atoms with Crippen molar-refractivity contribution < 1.29 is 19.0 Å². The molecular formula is C13H15ClFNO3. The molecule has 0 aromatic heterocycles. The highest BCUT2D eigenvalue weighted by molar-refractivity contribution is 6.30. The van der Waals surface area contributed by atoms with Crippen molar-refractivity contribution >= 4 is 17.7 Å². The van der Waals surface area contributed by atoms with E-state index in [0.29, 0.717) is 18.9 Å². The fraction of sp³-hybridized carbons (Fsp3) is 0.462. The zero-order chi connectivity index (χ0) is 14.0. The van der Waals surface area contributed by atoms with Gasteiger partial charge in [0, 0.05) is 12.6 Å². The molecule has 19 heavy (non-hydrogen) atoms. The molecule has 6 heteroatoms. The summed E-state index contributed by atoms with van der Waals surface area (Å²) in [5.74, 6) is 0.380. The number of hydrogen-bond acceptors (Lipinski definition) is 2. The highest BCUT2D eigenvalue weighted by Crippen LogP contribution is 2.50. The highest BCUT2D eigenvalue weighted by Gasteiger charge is 2.40. The summed E-state index contributed by atoms with van der Waals surface area (Å²) >= 11 is 5.79. The molecule has 4 nitrogen and oxygen atoms in total. The van der Waals surface area contributed by atoms with Gasteiger partial charge in [0.2, 0.25) is 0 Å². The van der Waals surface area contributed by atoms with Crippen LogP contribution in [0.25, 0.3) is 0 Å². The zero-order valence-electron chi connectivity index (χ0n) is 10.5. The van der Waals surface area contributed by atoms with Crippen molar-refractivity contribution in [3.8, 4) is 5.75 Å². The van der Waals surface area contributed by atoms with Gasteiger partial charge in [0.1, 0.15) is 11.6 Å². The van der Waals surface area contributed by atoms with Crippen LogP contribution in [0.15, 0.2) is 12.1 Å². The second kappa shape index (κ2) is 5.65. The summed E-state index contributed by atoms with van der Waals surface area (Å²) in [7, 11) is 0. The van der Waals surface area contributed by atoms with Crippen molar-refractivity contribution in [2.45, 2.75) is 19.3 Å². The van der Waals surface area contributed by atoms with Gasteiger partial charge in [-0.2, -0.15) is 0 Å². The van der Waals surface area contributed by atoms with E-state index in [1.165, 1.54) is 6.07 Å². The molecule has 0 heterocycles. The van der Waals surface area contributed by atoms with Crippen LogP contribution in [0.4, 0.5) is 9.18 Å². The number of benzene rings is 1. The molecule has 0 saturated heterocycles. The third kappa shape index (κ3) is 3.29. The number of carboxylic acid groups (broad SMARTS) is 1. The van der Waals surface area contributed by atoms with E-state index in [9.17, 15) is 9.18 Å². The lowest BCUT2D eigenvalue weighted by atomic mass is 10.1. The minimum atomic E-state index is -1.03. The minimum Gasteiger partial charge on any atom is -0.493 e. The quantitative estimate of drug-likeness (QED) is 0.874. The van der Waals surface area contributed by atoms with Gasteiger partial charge in [-0.25, -0.2) is 9.18 Å². The number of halogens is 2. The van der Waals surface area contributed by atoms with Gasteiger partial charge in [-0.05, 0) is 36.8 Å². The van der Waals surface area contributed by atoms with Crippen LogP contribution >= 0.6 is 11.6 Å².